The molecular weight excluding hydrogens is 408 g/mol. The predicted octanol–water partition coefficient (Wildman–Crippen LogP) is 1.64. The van der Waals surface area contributed by atoms with Gasteiger partial charge in [-0.25, -0.2) is 0 Å². The van der Waals surface area contributed by atoms with Crippen molar-refractivity contribution in [3.05, 3.63) is 52.7 Å². The highest BCUT2D eigenvalue weighted by Gasteiger charge is 2.47. The minimum Gasteiger partial charge on any atom is -0.496 e. The van der Waals surface area contributed by atoms with E-state index in [1.54, 1.807) is 36.4 Å². The Balaban J connectivity index is 1.67. The first-order chi connectivity index (χ1) is 14.9. The topological polar surface area (TPSA) is 128 Å². The lowest BCUT2D eigenvalue weighted by atomic mass is 10.1. The zero-order chi connectivity index (χ0) is 22.2. The molecule has 3 unspecified atom stereocenters. The van der Waals surface area contributed by atoms with Crippen LogP contribution in [0.25, 0.3) is 22.3 Å². The van der Waals surface area contributed by atoms with Crippen LogP contribution in [0, 0.1) is 0 Å². The zero-order valence-electron chi connectivity index (χ0n) is 16.9. The van der Waals surface area contributed by atoms with E-state index in [4.69, 9.17) is 23.4 Å². The van der Waals surface area contributed by atoms with Crippen molar-refractivity contribution >= 4 is 11.0 Å². The molecule has 0 radical (unpaired) electrons. The molecule has 0 amide bonds. The van der Waals surface area contributed by atoms with E-state index in [0.717, 1.165) is 0 Å². The number of aliphatic hydroxyl groups excluding tert-OH is 2. The van der Waals surface area contributed by atoms with Gasteiger partial charge in [-0.05, 0) is 12.1 Å². The summed E-state index contributed by atoms with van der Waals surface area (Å²) in [6.45, 7) is -0.761. The molecule has 3 aromatic rings. The van der Waals surface area contributed by atoms with Crippen LogP contribution in [0.4, 0.5) is 0 Å². The first-order valence-electron chi connectivity index (χ1n) is 9.53. The Hall–Kier alpha value is -3.11. The summed E-state index contributed by atoms with van der Waals surface area (Å²) in [5.41, 5.74) is 0.590. The summed E-state index contributed by atoms with van der Waals surface area (Å²) < 4.78 is 27.4. The van der Waals surface area contributed by atoms with Gasteiger partial charge in [-0.3, -0.25) is 4.79 Å². The van der Waals surface area contributed by atoms with Crippen LogP contribution in [-0.2, 0) is 4.74 Å². The van der Waals surface area contributed by atoms with Crippen molar-refractivity contribution in [2.45, 2.75) is 24.6 Å². The zero-order valence-corrected chi connectivity index (χ0v) is 16.9. The smallest absolute Gasteiger partial charge is 0.219 e. The molecule has 3 N–H and O–H groups in total. The molecule has 1 fully saturated rings. The summed E-state index contributed by atoms with van der Waals surface area (Å²) in [5, 5.41) is 29.4. The molecule has 4 rings (SSSR count). The number of methoxy groups -OCH3 is 2. The van der Waals surface area contributed by atoms with E-state index >= 15 is 0 Å². The standard InChI is InChI=1S/C22H22O9/c1-27-14-7-17(28-2)21-15(24)9-16(30-18(21)8-14)12-4-3-5-13(6-12)29-20-10-19(25)22(26,11-23)31-20/h3-9,19-20,23,25-26H,10-11H2,1-2H3. The van der Waals surface area contributed by atoms with E-state index < -0.39 is 24.8 Å². The second-order valence-electron chi connectivity index (χ2n) is 7.13. The number of ether oxygens (including phenoxy) is 4. The Morgan fingerprint density at radius 1 is 1.13 bits per heavy atom. The molecular formula is C22H22O9. The Labute approximate surface area is 177 Å². The van der Waals surface area contributed by atoms with Crippen molar-refractivity contribution in [2.24, 2.45) is 0 Å². The van der Waals surface area contributed by atoms with Crippen molar-refractivity contribution < 1.29 is 38.7 Å². The molecule has 1 aliphatic rings. The molecule has 9 heteroatoms. The van der Waals surface area contributed by atoms with Crippen LogP contribution in [0.2, 0.25) is 0 Å². The van der Waals surface area contributed by atoms with Gasteiger partial charge in [0, 0.05) is 30.2 Å². The molecule has 0 saturated carbocycles. The quantitative estimate of drug-likeness (QED) is 0.535. The number of hydrogen-bond acceptors (Lipinski definition) is 9. The normalized spacial score (nSPS) is 23.1. The van der Waals surface area contributed by atoms with Gasteiger partial charge in [-0.2, -0.15) is 0 Å². The number of benzene rings is 2. The monoisotopic (exact) mass is 430 g/mol. The fourth-order valence-corrected chi connectivity index (χ4v) is 3.46. The third-order valence-corrected chi connectivity index (χ3v) is 5.11. The van der Waals surface area contributed by atoms with Gasteiger partial charge in [0.25, 0.3) is 0 Å². The summed E-state index contributed by atoms with van der Waals surface area (Å²) in [6.07, 6.45) is -2.26. The third kappa shape index (κ3) is 3.96. The molecule has 2 heterocycles. The number of hydrogen-bond donors (Lipinski definition) is 3. The number of aliphatic hydroxyl groups is 3. The number of fused-ring (bicyclic) bond motifs is 1. The molecule has 1 aliphatic heterocycles. The molecule has 3 atom stereocenters. The summed E-state index contributed by atoms with van der Waals surface area (Å²) in [7, 11) is 2.96. The van der Waals surface area contributed by atoms with Gasteiger partial charge >= 0.3 is 0 Å². The summed E-state index contributed by atoms with van der Waals surface area (Å²) in [4.78, 5) is 12.7. The maximum Gasteiger partial charge on any atom is 0.219 e. The van der Waals surface area contributed by atoms with Crippen LogP contribution in [-0.4, -0.2) is 54.3 Å². The molecule has 9 nitrogen and oxygen atoms in total. The van der Waals surface area contributed by atoms with Crippen LogP contribution >= 0.6 is 0 Å². The lowest BCUT2D eigenvalue weighted by Crippen LogP contribution is -2.43. The van der Waals surface area contributed by atoms with Gasteiger partial charge in [0.2, 0.25) is 12.1 Å². The summed E-state index contributed by atoms with van der Waals surface area (Å²) >= 11 is 0. The maximum atomic E-state index is 12.7. The average Bonchev–Trinajstić information content (AvgIpc) is 3.06. The van der Waals surface area contributed by atoms with Crippen LogP contribution in [0.5, 0.6) is 17.2 Å². The predicted molar refractivity (Wildman–Crippen MR) is 109 cm³/mol. The lowest BCUT2D eigenvalue weighted by Gasteiger charge is -2.22. The Morgan fingerprint density at radius 2 is 1.94 bits per heavy atom. The van der Waals surface area contributed by atoms with Gasteiger partial charge in [0.05, 0.1) is 20.8 Å². The summed E-state index contributed by atoms with van der Waals surface area (Å²) in [5.74, 6) is -0.568. The van der Waals surface area contributed by atoms with Crippen molar-refractivity contribution in [3.8, 4) is 28.6 Å². The Kier molecular flexibility index (Phi) is 5.59. The molecule has 0 spiro atoms. The SMILES string of the molecule is COc1cc(OC)c2c(=O)cc(-c3cccc(OC4CC(O)C(O)(CO)O4)c3)oc2c1. The molecule has 0 bridgehead atoms. The summed E-state index contributed by atoms with van der Waals surface area (Å²) in [6, 6.07) is 11.3. The van der Waals surface area contributed by atoms with Gasteiger partial charge in [0.15, 0.2) is 5.43 Å². The average molecular weight is 430 g/mol. The molecule has 164 valence electrons. The maximum absolute atomic E-state index is 12.7. The van der Waals surface area contributed by atoms with Gasteiger partial charge in [-0.1, -0.05) is 12.1 Å². The minimum absolute atomic E-state index is 0.0219. The first-order valence-corrected chi connectivity index (χ1v) is 9.53. The van der Waals surface area contributed by atoms with Crippen LogP contribution in [0.1, 0.15) is 6.42 Å². The van der Waals surface area contributed by atoms with Crippen molar-refractivity contribution in [3.63, 3.8) is 0 Å². The fraction of sp³-hybridized carbons (Fsp3) is 0.318. The first kappa shape index (κ1) is 21.1. The Bertz CT molecular complexity index is 1160. The van der Waals surface area contributed by atoms with Crippen LogP contribution in [0.15, 0.2) is 51.7 Å². The van der Waals surface area contributed by atoms with Crippen molar-refractivity contribution in [2.75, 3.05) is 20.8 Å². The molecule has 31 heavy (non-hydrogen) atoms. The van der Waals surface area contributed by atoms with Gasteiger partial charge in [0.1, 0.15) is 40.1 Å². The lowest BCUT2D eigenvalue weighted by molar-refractivity contribution is -0.267. The second kappa shape index (κ2) is 8.20. The highest BCUT2D eigenvalue weighted by Crippen LogP contribution is 2.34. The molecule has 1 saturated heterocycles. The third-order valence-electron chi connectivity index (χ3n) is 5.11. The van der Waals surface area contributed by atoms with E-state index in [1.165, 1.54) is 20.3 Å². The number of rotatable bonds is 6. The van der Waals surface area contributed by atoms with E-state index in [0.29, 0.717) is 39.5 Å². The van der Waals surface area contributed by atoms with E-state index in [9.17, 15) is 20.1 Å². The fourth-order valence-electron chi connectivity index (χ4n) is 3.46. The van der Waals surface area contributed by atoms with Crippen LogP contribution < -0.4 is 19.6 Å². The van der Waals surface area contributed by atoms with E-state index in [-0.39, 0.29) is 11.8 Å². The minimum atomic E-state index is -2.06. The second-order valence-corrected chi connectivity index (χ2v) is 7.13. The van der Waals surface area contributed by atoms with Gasteiger partial charge < -0.3 is 38.7 Å². The highest BCUT2D eigenvalue weighted by molar-refractivity contribution is 5.86. The van der Waals surface area contributed by atoms with E-state index in [1.807, 2.05) is 0 Å². The Morgan fingerprint density at radius 3 is 2.61 bits per heavy atom. The van der Waals surface area contributed by atoms with Gasteiger partial charge in [-0.15, -0.1) is 0 Å². The molecule has 0 aliphatic carbocycles. The van der Waals surface area contributed by atoms with Crippen molar-refractivity contribution in [1.29, 1.82) is 0 Å². The largest absolute Gasteiger partial charge is 0.496 e. The molecule has 2 aromatic carbocycles. The van der Waals surface area contributed by atoms with E-state index in [2.05, 4.69) is 0 Å². The molecule has 1 aromatic heterocycles. The van der Waals surface area contributed by atoms with Crippen LogP contribution in [0.3, 0.4) is 0 Å². The highest BCUT2D eigenvalue weighted by atomic mass is 16.8. The van der Waals surface area contributed by atoms with Crippen molar-refractivity contribution in [1.82, 2.24) is 0 Å².